The molecule has 0 spiro atoms. The number of aromatic nitrogens is 3. The van der Waals surface area contributed by atoms with Gasteiger partial charge in [0.25, 0.3) is 0 Å². The van der Waals surface area contributed by atoms with Crippen LogP contribution in [0, 0.1) is 0 Å². The zero-order valence-corrected chi connectivity index (χ0v) is 31.1. The van der Waals surface area contributed by atoms with Crippen molar-refractivity contribution in [2.45, 2.75) is 12.3 Å². The monoisotopic (exact) mass is 733 g/mol. The number of rotatable bonds is 4. The Balaban J connectivity index is 1.04. The maximum atomic E-state index is 6.60. The molecule has 0 amide bonds. The van der Waals surface area contributed by atoms with E-state index in [1.54, 1.807) is 11.3 Å². The summed E-state index contributed by atoms with van der Waals surface area (Å²) in [6.45, 7) is 2.34. The number of furan rings is 1. The van der Waals surface area contributed by atoms with Gasteiger partial charge in [-0.1, -0.05) is 140 Å². The first kappa shape index (κ1) is 31.4. The first-order chi connectivity index (χ1) is 27.6. The maximum Gasteiger partial charge on any atom is 0.164 e. The third-order valence-electron chi connectivity index (χ3n) is 11.8. The molecule has 0 bridgehead atoms. The Morgan fingerprint density at radius 2 is 1.07 bits per heavy atom. The summed E-state index contributed by atoms with van der Waals surface area (Å²) in [6, 6.07) is 60.4. The number of fused-ring (bicyclic) bond motifs is 11. The SMILES string of the molecule is CC1(c2ccc(-c3nc(-c4ccc5c(c4)oc4c6ccccc6ccc54)nc(-c4cccc5sc6ccccc6c45)n3)cc2)c2ccccc2-c2ccccc21. The van der Waals surface area contributed by atoms with Gasteiger partial charge in [0.1, 0.15) is 11.2 Å². The highest BCUT2D eigenvalue weighted by Gasteiger charge is 2.40. The lowest BCUT2D eigenvalue weighted by Gasteiger charge is -2.28. The molecule has 8 aromatic carbocycles. The van der Waals surface area contributed by atoms with Crippen molar-refractivity contribution in [2.75, 3.05) is 0 Å². The van der Waals surface area contributed by atoms with Gasteiger partial charge in [0.15, 0.2) is 17.5 Å². The highest BCUT2D eigenvalue weighted by molar-refractivity contribution is 7.25. The number of thiophene rings is 1. The molecule has 0 unspecified atom stereocenters. The van der Waals surface area contributed by atoms with E-state index >= 15 is 0 Å². The van der Waals surface area contributed by atoms with Gasteiger partial charge in [0.05, 0.1) is 0 Å². The van der Waals surface area contributed by atoms with Gasteiger partial charge >= 0.3 is 0 Å². The molecule has 0 atom stereocenters. The zero-order chi connectivity index (χ0) is 37.0. The standard InChI is InChI=1S/C51H31N3OS/c1-51(41-17-7-4-13-35(41)36-14-5-8-18-42(36)51)33-25-21-31(22-26-33)48-52-49(54-50(53-48)40-16-10-20-45-46(40)39-15-6-9-19-44(39)56-45)32-24-27-37-38-28-23-30-11-2-3-12-34(30)47(38)55-43(37)29-32/h2-29H,1H3. The summed E-state index contributed by atoms with van der Waals surface area (Å²) in [5, 5.41) is 6.79. The number of hydrogen-bond donors (Lipinski definition) is 0. The van der Waals surface area contributed by atoms with Crippen LogP contribution in [0.15, 0.2) is 174 Å². The summed E-state index contributed by atoms with van der Waals surface area (Å²) in [6.07, 6.45) is 0. The van der Waals surface area contributed by atoms with Crippen molar-refractivity contribution in [3.63, 3.8) is 0 Å². The molecule has 3 aromatic heterocycles. The third kappa shape index (κ3) is 4.49. The normalized spacial score (nSPS) is 13.2. The smallest absolute Gasteiger partial charge is 0.164 e. The van der Waals surface area contributed by atoms with Crippen LogP contribution >= 0.6 is 11.3 Å². The van der Waals surface area contributed by atoms with Gasteiger partial charge in [-0.05, 0) is 70.5 Å². The van der Waals surface area contributed by atoms with Crippen molar-refractivity contribution >= 4 is 64.2 Å². The number of benzene rings is 8. The predicted octanol–water partition coefficient (Wildman–Crippen LogP) is 13.6. The molecule has 0 radical (unpaired) electrons. The van der Waals surface area contributed by atoms with Crippen LogP contribution in [-0.2, 0) is 5.41 Å². The lowest BCUT2D eigenvalue weighted by atomic mass is 9.74. The lowest BCUT2D eigenvalue weighted by Crippen LogP contribution is -2.22. The highest BCUT2D eigenvalue weighted by atomic mass is 32.1. The minimum Gasteiger partial charge on any atom is -0.455 e. The Morgan fingerprint density at radius 1 is 0.464 bits per heavy atom. The van der Waals surface area contributed by atoms with Crippen molar-refractivity contribution in [3.8, 4) is 45.3 Å². The van der Waals surface area contributed by atoms with Crippen LogP contribution in [0.5, 0.6) is 0 Å². The van der Waals surface area contributed by atoms with E-state index in [-0.39, 0.29) is 5.41 Å². The molecule has 262 valence electrons. The van der Waals surface area contributed by atoms with E-state index in [1.165, 1.54) is 42.6 Å². The van der Waals surface area contributed by atoms with Gasteiger partial charge in [-0.25, -0.2) is 15.0 Å². The first-order valence-electron chi connectivity index (χ1n) is 18.9. The number of hydrogen-bond acceptors (Lipinski definition) is 5. The predicted molar refractivity (Wildman–Crippen MR) is 231 cm³/mol. The summed E-state index contributed by atoms with van der Waals surface area (Å²) in [5.74, 6) is 1.87. The second kappa shape index (κ2) is 11.8. The second-order valence-corrected chi connectivity index (χ2v) is 15.9. The van der Waals surface area contributed by atoms with Gasteiger partial charge < -0.3 is 4.42 Å². The highest BCUT2D eigenvalue weighted by Crippen LogP contribution is 2.52. The molecule has 12 rings (SSSR count). The Bertz CT molecular complexity index is 3350. The van der Waals surface area contributed by atoms with E-state index in [1.807, 2.05) is 0 Å². The van der Waals surface area contributed by atoms with Gasteiger partial charge in [0.2, 0.25) is 0 Å². The van der Waals surface area contributed by atoms with Gasteiger partial charge in [0, 0.05) is 58.4 Å². The van der Waals surface area contributed by atoms with E-state index in [0.29, 0.717) is 17.5 Å². The van der Waals surface area contributed by atoms with Gasteiger partial charge in [-0.3, -0.25) is 0 Å². The molecule has 3 heterocycles. The molecule has 4 nitrogen and oxygen atoms in total. The Kier molecular flexibility index (Phi) is 6.60. The molecule has 11 aromatic rings. The second-order valence-electron chi connectivity index (χ2n) is 14.9. The van der Waals surface area contributed by atoms with E-state index < -0.39 is 0 Å². The minimum atomic E-state index is -0.288. The molecule has 0 aliphatic heterocycles. The summed E-state index contributed by atoms with van der Waals surface area (Å²) < 4.78 is 9.05. The summed E-state index contributed by atoms with van der Waals surface area (Å²) >= 11 is 1.80. The average Bonchev–Trinajstić information content (AvgIpc) is 3.92. The fourth-order valence-corrected chi connectivity index (χ4v) is 10.2. The number of nitrogens with zero attached hydrogens (tertiary/aromatic N) is 3. The van der Waals surface area contributed by atoms with E-state index in [4.69, 9.17) is 19.4 Å². The van der Waals surface area contributed by atoms with Crippen molar-refractivity contribution in [3.05, 3.63) is 187 Å². The van der Waals surface area contributed by atoms with Crippen molar-refractivity contribution < 1.29 is 4.42 Å². The topological polar surface area (TPSA) is 51.8 Å². The largest absolute Gasteiger partial charge is 0.455 e. The molecule has 56 heavy (non-hydrogen) atoms. The van der Waals surface area contributed by atoms with Crippen LogP contribution < -0.4 is 0 Å². The quantitative estimate of drug-likeness (QED) is 0.181. The molecule has 0 saturated carbocycles. The van der Waals surface area contributed by atoms with E-state index in [2.05, 4.69) is 177 Å². The van der Waals surface area contributed by atoms with Crippen LogP contribution in [0.1, 0.15) is 23.6 Å². The molecule has 1 aliphatic carbocycles. The molecule has 5 heteroatoms. The summed E-state index contributed by atoms with van der Waals surface area (Å²) in [7, 11) is 0. The van der Waals surface area contributed by atoms with Crippen LogP contribution in [0.2, 0.25) is 0 Å². The molecule has 0 fully saturated rings. The minimum absolute atomic E-state index is 0.288. The van der Waals surface area contributed by atoms with Crippen LogP contribution in [0.3, 0.4) is 0 Å². The zero-order valence-electron chi connectivity index (χ0n) is 30.3. The lowest BCUT2D eigenvalue weighted by molar-refractivity contribution is 0.673. The first-order valence-corrected chi connectivity index (χ1v) is 19.7. The summed E-state index contributed by atoms with van der Waals surface area (Å²) in [4.78, 5) is 15.7. The Hall–Kier alpha value is -6.95. The molecule has 0 saturated heterocycles. The fraction of sp³-hybridized carbons (Fsp3) is 0.0392. The average molecular weight is 734 g/mol. The van der Waals surface area contributed by atoms with Crippen molar-refractivity contribution in [1.29, 1.82) is 0 Å². The fourth-order valence-electron chi connectivity index (χ4n) is 9.08. The maximum absolute atomic E-state index is 6.60. The van der Waals surface area contributed by atoms with Gasteiger partial charge in [-0.15, -0.1) is 11.3 Å². The van der Waals surface area contributed by atoms with Crippen LogP contribution in [0.4, 0.5) is 0 Å². The molecular weight excluding hydrogens is 703 g/mol. The van der Waals surface area contributed by atoms with Crippen LogP contribution in [-0.4, -0.2) is 15.0 Å². The molecule has 1 aliphatic rings. The Morgan fingerprint density at radius 3 is 1.88 bits per heavy atom. The van der Waals surface area contributed by atoms with E-state index in [9.17, 15) is 0 Å². The van der Waals surface area contributed by atoms with Gasteiger partial charge in [-0.2, -0.15) is 0 Å². The molecule has 0 N–H and O–H groups in total. The molecular formula is C51H31N3OS. The van der Waals surface area contributed by atoms with E-state index in [0.717, 1.165) is 54.8 Å². The Labute approximate surface area is 326 Å². The van der Waals surface area contributed by atoms with Crippen molar-refractivity contribution in [2.24, 2.45) is 0 Å². The van der Waals surface area contributed by atoms with Crippen LogP contribution in [0.25, 0.3) is 98.2 Å². The third-order valence-corrected chi connectivity index (χ3v) is 13.0. The van der Waals surface area contributed by atoms with Crippen molar-refractivity contribution in [1.82, 2.24) is 15.0 Å². The summed E-state index contributed by atoms with van der Waals surface area (Å²) in [5.41, 5.74) is 10.7.